The second kappa shape index (κ2) is 9.68. The van der Waals surface area contributed by atoms with Crippen LogP contribution in [0.5, 0.6) is 0 Å². The molecular weight excluding hydrogens is 322 g/mol. The average molecular weight is 342 g/mol. The van der Waals surface area contributed by atoms with Crippen molar-refractivity contribution in [3.8, 4) is 0 Å². The lowest BCUT2D eigenvalue weighted by atomic mass is 10.2. The zero-order valence-corrected chi connectivity index (χ0v) is 13.6. The van der Waals surface area contributed by atoms with Crippen molar-refractivity contribution in [2.75, 3.05) is 17.2 Å². The molecule has 1 aromatic carbocycles. The van der Waals surface area contributed by atoms with E-state index in [0.29, 0.717) is 29.2 Å². The number of carboxylic acid groups (broad SMARTS) is 1. The molecule has 126 valence electrons. The van der Waals surface area contributed by atoms with E-state index in [9.17, 15) is 14.4 Å². The molecule has 3 amide bonds. The van der Waals surface area contributed by atoms with Crippen LogP contribution in [-0.4, -0.2) is 29.6 Å². The summed E-state index contributed by atoms with van der Waals surface area (Å²) in [5.74, 6) is -1.02. The predicted octanol–water partition coefficient (Wildman–Crippen LogP) is 3.06. The molecule has 7 nitrogen and oxygen atoms in total. The zero-order valence-electron chi connectivity index (χ0n) is 12.8. The largest absolute Gasteiger partial charge is 0.481 e. The Labute approximate surface area is 139 Å². The highest BCUT2D eigenvalue weighted by atomic mass is 35.5. The molecule has 4 N–H and O–H groups in total. The summed E-state index contributed by atoms with van der Waals surface area (Å²) in [6, 6.07) is 4.29. The van der Waals surface area contributed by atoms with Crippen LogP contribution in [0, 0.1) is 0 Å². The van der Waals surface area contributed by atoms with Crippen molar-refractivity contribution in [3.05, 3.63) is 23.2 Å². The van der Waals surface area contributed by atoms with Crippen molar-refractivity contribution in [1.82, 2.24) is 5.32 Å². The number of aliphatic carboxylic acids is 1. The van der Waals surface area contributed by atoms with Crippen LogP contribution in [0.25, 0.3) is 0 Å². The number of carbonyl (C=O) groups excluding carboxylic acids is 2. The van der Waals surface area contributed by atoms with Gasteiger partial charge in [-0.1, -0.05) is 18.5 Å². The minimum Gasteiger partial charge on any atom is -0.481 e. The molecule has 0 atom stereocenters. The van der Waals surface area contributed by atoms with Gasteiger partial charge in [-0.3, -0.25) is 9.59 Å². The van der Waals surface area contributed by atoms with Gasteiger partial charge in [-0.05, 0) is 31.0 Å². The summed E-state index contributed by atoms with van der Waals surface area (Å²) >= 11 is 6.01. The Bertz CT molecular complexity index is 578. The normalized spacial score (nSPS) is 10.0. The molecule has 1 aromatic rings. The van der Waals surface area contributed by atoms with Crippen molar-refractivity contribution in [2.24, 2.45) is 0 Å². The lowest BCUT2D eigenvalue weighted by Gasteiger charge is -2.11. The van der Waals surface area contributed by atoms with Crippen LogP contribution in [0.15, 0.2) is 18.2 Å². The Balaban J connectivity index is 2.56. The van der Waals surface area contributed by atoms with Crippen molar-refractivity contribution >= 4 is 40.9 Å². The van der Waals surface area contributed by atoms with E-state index >= 15 is 0 Å². The number of carbonyl (C=O) groups is 3. The third-order valence-corrected chi connectivity index (χ3v) is 3.16. The Morgan fingerprint density at radius 2 is 1.91 bits per heavy atom. The summed E-state index contributed by atoms with van der Waals surface area (Å²) in [7, 11) is 0. The number of hydrogen-bond donors (Lipinski definition) is 4. The number of benzene rings is 1. The molecule has 0 unspecified atom stereocenters. The van der Waals surface area contributed by atoms with E-state index in [4.69, 9.17) is 16.7 Å². The van der Waals surface area contributed by atoms with Gasteiger partial charge in [0.1, 0.15) is 0 Å². The Kier molecular flexibility index (Phi) is 7.90. The number of rotatable bonds is 8. The Morgan fingerprint density at radius 1 is 1.17 bits per heavy atom. The minimum absolute atomic E-state index is 0.0139. The van der Waals surface area contributed by atoms with E-state index in [1.165, 1.54) is 0 Å². The highest BCUT2D eigenvalue weighted by molar-refractivity contribution is 6.33. The molecule has 0 fully saturated rings. The Morgan fingerprint density at radius 3 is 2.57 bits per heavy atom. The van der Waals surface area contributed by atoms with Gasteiger partial charge in [-0.15, -0.1) is 0 Å². The van der Waals surface area contributed by atoms with Gasteiger partial charge in [0.25, 0.3) is 0 Å². The maximum Gasteiger partial charge on any atom is 0.319 e. The van der Waals surface area contributed by atoms with Crippen molar-refractivity contribution < 1.29 is 19.5 Å². The van der Waals surface area contributed by atoms with Gasteiger partial charge in [-0.2, -0.15) is 0 Å². The first-order valence-corrected chi connectivity index (χ1v) is 7.66. The van der Waals surface area contributed by atoms with Crippen LogP contribution in [-0.2, 0) is 9.59 Å². The van der Waals surface area contributed by atoms with Gasteiger partial charge >= 0.3 is 12.0 Å². The molecule has 0 saturated carbocycles. The minimum atomic E-state index is -0.911. The van der Waals surface area contributed by atoms with E-state index in [0.717, 1.165) is 6.42 Å². The van der Waals surface area contributed by atoms with E-state index in [-0.39, 0.29) is 18.9 Å². The second-order valence-electron chi connectivity index (χ2n) is 4.87. The van der Waals surface area contributed by atoms with Crippen LogP contribution in [0.4, 0.5) is 16.2 Å². The van der Waals surface area contributed by atoms with Gasteiger partial charge in [0.2, 0.25) is 5.91 Å². The number of carboxylic acids is 1. The standard InChI is InChI=1S/C15H20ClN3O4/c1-2-4-13(20)18-10-6-7-11(16)12(9-10)19-15(23)17-8-3-5-14(21)22/h6-7,9H,2-5,8H2,1H3,(H,18,20)(H,21,22)(H2,17,19,23). The SMILES string of the molecule is CCCC(=O)Nc1ccc(Cl)c(NC(=O)NCCCC(=O)O)c1. The first kappa shape index (κ1) is 18.8. The third kappa shape index (κ3) is 7.51. The highest BCUT2D eigenvalue weighted by Gasteiger charge is 2.08. The second-order valence-corrected chi connectivity index (χ2v) is 5.28. The molecule has 23 heavy (non-hydrogen) atoms. The van der Waals surface area contributed by atoms with Gasteiger partial charge in [0.05, 0.1) is 10.7 Å². The van der Waals surface area contributed by atoms with Crippen molar-refractivity contribution in [1.29, 1.82) is 0 Å². The van der Waals surface area contributed by atoms with E-state index in [1.807, 2.05) is 6.92 Å². The van der Waals surface area contributed by atoms with Crippen LogP contribution >= 0.6 is 11.6 Å². The van der Waals surface area contributed by atoms with E-state index in [1.54, 1.807) is 18.2 Å². The monoisotopic (exact) mass is 341 g/mol. The molecule has 0 radical (unpaired) electrons. The Hall–Kier alpha value is -2.28. The fourth-order valence-electron chi connectivity index (χ4n) is 1.76. The van der Waals surface area contributed by atoms with Crippen LogP contribution in [0.3, 0.4) is 0 Å². The number of hydrogen-bond acceptors (Lipinski definition) is 3. The molecule has 0 heterocycles. The first-order chi connectivity index (χ1) is 10.9. The number of nitrogens with one attached hydrogen (secondary N) is 3. The van der Waals surface area contributed by atoms with Crippen molar-refractivity contribution in [3.63, 3.8) is 0 Å². The number of amides is 3. The zero-order chi connectivity index (χ0) is 17.2. The van der Waals surface area contributed by atoms with E-state index in [2.05, 4.69) is 16.0 Å². The summed E-state index contributed by atoms with van der Waals surface area (Å²) in [6.45, 7) is 2.14. The quantitative estimate of drug-likeness (QED) is 0.545. The molecule has 0 aliphatic rings. The lowest BCUT2D eigenvalue weighted by molar-refractivity contribution is -0.137. The lowest BCUT2D eigenvalue weighted by Crippen LogP contribution is -2.30. The molecule has 0 spiro atoms. The highest BCUT2D eigenvalue weighted by Crippen LogP contribution is 2.25. The topological polar surface area (TPSA) is 108 Å². The summed E-state index contributed by atoms with van der Waals surface area (Å²) < 4.78 is 0. The molecule has 0 aromatic heterocycles. The van der Waals surface area contributed by atoms with Crippen LogP contribution in [0.1, 0.15) is 32.6 Å². The van der Waals surface area contributed by atoms with Crippen LogP contribution < -0.4 is 16.0 Å². The maximum absolute atomic E-state index is 11.7. The summed E-state index contributed by atoms with van der Waals surface area (Å²) in [4.78, 5) is 33.7. The van der Waals surface area contributed by atoms with Gasteiger partial charge in [-0.25, -0.2) is 4.79 Å². The first-order valence-electron chi connectivity index (χ1n) is 7.28. The maximum atomic E-state index is 11.7. The molecule has 0 aliphatic carbocycles. The fraction of sp³-hybridized carbons (Fsp3) is 0.400. The van der Waals surface area contributed by atoms with Gasteiger partial charge < -0.3 is 21.1 Å². The smallest absolute Gasteiger partial charge is 0.319 e. The molecule has 0 saturated heterocycles. The fourth-order valence-corrected chi connectivity index (χ4v) is 1.92. The van der Waals surface area contributed by atoms with Crippen molar-refractivity contribution in [2.45, 2.75) is 32.6 Å². The number of urea groups is 1. The van der Waals surface area contributed by atoms with Gasteiger partial charge in [0, 0.05) is 25.1 Å². The predicted molar refractivity (Wildman–Crippen MR) is 88.9 cm³/mol. The van der Waals surface area contributed by atoms with Gasteiger partial charge in [0.15, 0.2) is 0 Å². The van der Waals surface area contributed by atoms with Crippen LogP contribution in [0.2, 0.25) is 5.02 Å². The number of halogens is 1. The molecule has 0 bridgehead atoms. The number of anilines is 2. The summed E-state index contributed by atoms with van der Waals surface area (Å²) in [5.41, 5.74) is 0.894. The van der Waals surface area contributed by atoms with E-state index < -0.39 is 12.0 Å². The summed E-state index contributed by atoms with van der Waals surface area (Å²) in [5, 5.41) is 16.7. The summed E-state index contributed by atoms with van der Waals surface area (Å²) in [6.07, 6.45) is 1.47. The molecule has 0 aliphatic heterocycles. The molecule has 8 heteroatoms. The average Bonchev–Trinajstić information content (AvgIpc) is 2.47. The molecular formula is C15H20ClN3O4. The molecule has 1 rings (SSSR count). The third-order valence-electron chi connectivity index (χ3n) is 2.83.